The first-order valence-electron chi connectivity index (χ1n) is 9.07. The molecule has 1 spiro atoms. The van der Waals surface area contributed by atoms with Gasteiger partial charge < -0.3 is 15.0 Å². The largest absolute Gasteiger partial charge is 0.381 e. The maximum Gasteiger partial charge on any atom is 0.193 e. The van der Waals surface area contributed by atoms with Gasteiger partial charge in [0.05, 0.1) is 12.3 Å². The molecule has 1 N–H and O–H groups in total. The van der Waals surface area contributed by atoms with Gasteiger partial charge in [-0.3, -0.25) is 9.67 Å². The molecule has 3 heterocycles. The second-order valence-electron chi connectivity index (χ2n) is 7.35. The maximum absolute atomic E-state index is 5.79. The van der Waals surface area contributed by atoms with Crippen molar-refractivity contribution >= 4 is 5.96 Å². The van der Waals surface area contributed by atoms with Crippen molar-refractivity contribution in [3.8, 4) is 0 Å². The van der Waals surface area contributed by atoms with Crippen molar-refractivity contribution in [2.75, 3.05) is 33.4 Å². The molecule has 0 aromatic carbocycles. The van der Waals surface area contributed by atoms with Gasteiger partial charge in [0.2, 0.25) is 0 Å². The van der Waals surface area contributed by atoms with E-state index in [0.717, 1.165) is 44.5 Å². The molecule has 1 aromatic rings. The third-order valence-electron chi connectivity index (χ3n) is 5.66. The Morgan fingerprint density at radius 1 is 1.33 bits per heavy atom. The van der Waals surface area contributed by atoms with E-state index in [9.17, 15) is 0 Å². The van der Waals surface area contributed by atoms with Crippen LogP contribution in [-0.4, -0.2) is 54.0 Å². The number of aryl methyl sites for hydroxylation is 2. The van der Waals surface area contributed by atoms with Crippen LogP contribution in [0.25, 0.3) is 0 Å². The molecule has 2 fully saturated rings. The lowest BCUT2D eigenvalue weighted by Crippen LogP contribution is -2.52. The number of piperidine rings is 1. The van der Waals surface area contributed by atoms with Crippen molar-refractivity contribution < 1.29 is 4.74 Å². The summed E-state index contributed by atoms with van der Waals surface area (Å²) in [7, 11) is 3.88. The standard InChI is InChI=1S/C18H31N5O/c1-14-16(15(2)22(4)21-14)11-20-17(19-3)23-9-5-7-18(12-23)8-6-10-24-13-18/h5-13H2,1-4H3,(H,19,20). The van der Waals surface area contributed by atoms with Crippen LogP contribution in [0.5, 0.6) is 0 Å². The number of aliphatic imine (C=N–C) groups is 1. The number of nitrogens with one attached hydrogen (secondary N) is 1. The number of guanidine groups is 1. The van der Waals surface area contributed by atoms with Crippen molar-refractivity contribution in [1.29, 1.82) is 0 Å². The predicted octanol–water partition coefficient (Wildman–Crippen LogP) is 2.00. The fraction of sp³-hybridized carbons (Fsp3) is 0.778. The number of hydrogen-bond donors (Lipinski definition) is 1. The minimum atomic E-state index is 0.328. The maximum atomic E-state index is 5.79. The van der Waals surface area contributed by atoms with Crippen molar-refractivity contribution in [2.24, 2.45) is 17.5 Å². The molecule has 134 valence electrons. The Hall–Kier alpha value is -1.56. The molecule has 2 aliphatic heterocycles. The van der Waals surface area contributed by atoms with Gasteiger partial charge in [-0.05, 0) is 39.5 Å². The Bertz CT molecular complexity index is 595. The molecule has 24 heavy (non-hydrogen) atoms. The first kappa shape index (κ1) is 17.3. The normalized spacial score (nSPS) is 25.3. The summed E-state index contributed by atoms with van der Waals surface area (Å²) in [6.07, 6.45) is 4.96. The lowest BCUT2D eigenvalue weighted by Gasteiger charge is -2.45. The van der Waals surface area contributed by atoms with Crippen LogP contribution in [0.15, 0.2) is 4.99 Å². The Kier molecular flexibility index (Phi) is 5.13. The molecule has 0 aliphatic carbocycles. The fourth-order valence-electron chi connectivity index (χ4n) is 4.19. The van der Waals surface area contributed by atoms with E-state index in [4.69, 9.17) is 4.74 Å². The summed E-state index contributed by atoms with van der Waals surface area (Å²) >= 11 is 0. The highest BCUT2D eigenvalue weighted by atomic mass is 16.5. The van der Waals surface area contributed by atoms with E-state index in [2.05, 4.69) is 34.2 Å². The summed E-state index contributed by atoms with van der Waals surface area (Å²) in [6.45, 7) is 8.93. The number of ether oxygens (including phenoxy) is 1. The van der Waals surface area contributed by atoms with Gasteiger partial charge in [0.25, 0.3) is 0 Å². The smallest absolute Gasteiger partial charge is 0.193 e. The zero-order valence-electron chi connectivity index (χ0n) is 15.6. The van der Waals surface area contributed by atoms with Crippen LogP contribution >= 0.6 is 0 Å². The van der Waals surface area contributed by atoms with E-state index in [1.807, 2.05) is 18.8 Å². The van der Waals surface area contributed by atoms with Gasteiger partial charge in [0.1, 0.15) is 0 Å². The Balaban J connectivity index is 1.65. The van der Waals surface area contributed by atoms with Crippen LogP contribution < -0.4 is 5.32 Å². The summed E-state index contributed by atoms with van der Waals surface area (Å²) in [5, 5.41) is 8.06. The van der Waals surface area contributed by atoms with Gasteiger partial charge >= 0.3 is 0 Å². The second kappa shape index (κ2) is 7.13. The molecule has 0 amide bonds. The minimum absolute atomic E-state index is 0.328. The van der Waals surface area contributed by atoms with E-state index in [1.165, 1.54) is 36.9 Å². The van der Waals surface area contributed by atoms with E-state index in [1.54, 1.807) is 0 Å². The number of likely N-dealkylation sites (tertiary alicyclic amines) is 1. The van der Waals surface area contributed by atoms with E-state index in [0.29, 0.717) is 5.41 Å². The van der Waals surface area contributed by atoms with Crippen LogP contribution in [0.2, 0.25) is 0 Å². The van der Waals surface area contributed by atoms with Gasteiger partial charge in [-0.25, -0.2) is 0 Å². The highest BCUT2D eigenvalue weighted by Crippen LogP contribution is 2.37. The first-order chi connectivity index (χ1) is 11.5. The molecule has 0 bridgehead atoms. The van der Waals surface area contributed by atoms with Crippen molar-refractivity contribution in [1.82, 2.24) is 20.0 Å². The Morgan fingerprint density at radius 3 is 2.75 bits per heavy atom. The number of aromatic nitrogens is 2. The van der Waals surface area contributed by atoms with Gasteiger partial charge in [-0.15, -0.1) is 0 Å². The third-order valence-corrected chi connectivity index (χ3v) is 5.66. The highest BCUT2D eigenvalue weighted by molar-refractivity contribution is 5.80. The molecule has 6 heteroatoms. The molecule has 1 atom stereocenters. The third kappa shape index (κ3) is 3.43. The zero-order chi connectivity index (χ0) is 17.2. The summed E-state index contributed by atoms with van der Waals surface area (Å²) < 4.78 is 7.74. The molecule has 2 saturated heterocycles. The summed E-state index contributed by atoms with van der Waals surface area (Å²) in [5.74, 6) is 1.00. The molecule has 6 nitrogen and oxygen atoms in total. The monoisotopic (exact) mass is 333 g/mol. The SMILES string of the molecule is CN=C(NCc1c(C)nn(C)c1C)N1CCCC2(CCCOC2)C1. The molecule has 0 saturated carbocycles. The van der Waals surface area contributed by atoms with Crippen LogP contribution in [0.1, 0.15) is 42.6 Å². The average Bonchev–Trinajstić information content (AvgIpc) is 2.82. The highest BCUT2D eigenvalue weighted by Gasteiger charge is 2.38. The molecular formula is C18H31N5O. The Morgan fingerprint density at radius 2 is 2.12 bits per heavy atom. The number of rotatable bonds is 2. The molecule has 3 rings (SSSR count). The predicted molar refractivity (Wildman–Crippen MR) is 96.2 cm³/mol. The second-order valence-corrected chi connectivity index (χ2v) is 7.35. The molecule has 1 aromatic heterocycles. The van der Waals surface area contributed by atoms with Gasteiger partial charge in [0, 0.05) is 57.0 Å². The lowest BCUT2D eigenvalue weighted by molar-refractivity contribution is -0.0370. The molecule has 0 radical (unpaired) electrons. The topological polar surface area (TPSA) is 54.7 Å². The lowest BCUT2D eigenvalue weighted by atomic mass is 9.76. The summed E-state index contributed by atoms with van der Waals surface area (Å²) in [4.78, 5) is 6.95. The fourth-order valence-corrected chi connectivity index (χ4v) is 4.19. The minimum Gasteiger partial charge on any atom is -0.381 e. The van der Waals surface area contributed by atoms with Gasteiger partial charge in [-0.1, -0.05) is 0 Å². The quantitative estimate of drug-likeness (QED) is 0.664. The summed E-state index contributed by atoms with van der Waals surface area (Å²) in [5.41, 5.74) is 3.90. The van der Waals surface area contributed by atoms with E-state index < -0.39 is 0 Å². The molecule has 2 aliphatic rings. The molecule has 1 unspecified atom stereocenters. The van der Waals surface area contributed by atoms with Crippen molar-refractivity contribution in [2.45, 2.75) is 46.1 Å². The van der Waals surface area contributed by atoms with Crippen LogP contribution in [0.4, 0.5) is 0 Å². The number of hydrogen-bond acceptors (Lipinski definition) is 3. The van der Waals surface area contributed by atoms with Crippen LogP contribution in [0.3, 0.4) is 0 Å². The van der Waals surface area contributed by atoms with Crippen molar-refractivity contribution in [3.63, 3.8) is 0 Å². The Labute approximate surface area is 145 Å². The van der Waals surface area contributed by atoms with Crippen molar-refractivity contribution in [3.05, 3.63) is 17.0 Å². The van der Waals surface area contributed by atoms with Gasteiger partial charge in [0.15, 0.2) is 5.96 Å². The van der Waals surface area contributed by atoms with E-state index >= 15 is 0 Å². The van der Waals surface area contributed by atoms with E-state index in [-0.39, 0.29) is 0 Å². The van der Waals surface area contributed by atoms with Crippen LogP contribution in [-0.2, 0) is 18.3 Å². The number of nitrogens with zero attached hydrogens (tertiary/aromatic N) is 4. The average molecular weight is 333 g/mol. The molecular weight excluding hydrogens is 302 g/mol. The van der Waals surface area contributed by atoms with Crippen LogP contribution in [0, 0.1) is 19.3 Å². The first-order valence-corrected chi connectivity index (χ1v) is 9.07. The zero-order valence-corrected chi connectivity index (χ0v) is 15.6. The summed E-state index contributed by atoms with van der Waals surface area (Å²) in [6, 6.07) is 0. The van der Waals surface area contributed by atoms with Gasteiger partial charge in [-0.2, -0.15) is 5.10 Å².